The van der Waals surface area contributed by atoms with Crippen LogP contribution in [0.25, 0.3) is 0 Å². The zero-order valence-corrected chi connectivity index (χ0v) is 9.98. The van der Waals surface area contributed by atoms with Crippen LogP contribution in [0.2, 0.25) is 0 Å². The topological polar surface area (TPSA) is 71.0 Å². The Labute approximate surface area is 105 Å². The molecule has 0 bridgehead atoms. The second-order valence-electron chi connectivity index (χ2n) is 3.55. The first-order chi connectivity index (χ1) is 8.47. The van der Waals surface area contributed by atoms with Crippen molar-refractivity contribution in [2.45, 2.75) is 4.90 Å². The van der Waals surface area contributed by atoms with Gasteiger partial charge in [-0.1, -0.05) is 0 Å². The molecule has 1 heterocycles. The number of hydrogen-bond acceptors (Lipinski definition) is 3. The molecule has 4 nitrogen and oxygen atoms in total. The van der Waals surface area contributed by atoms with Crippen LogP contribution in [0.15, 0.2) is 22.7 Å². The fourth-order valence-corrected chi connectivity index (χ4v) is 2.40. The van der Waals surface area contributed by atoms with Crippen molar-refractivity contribution < 1.29 is 28.8 Å². The van der Waals surface area contributed by atoms with E-state index in [2.05, 4.69) is 0 Å². The average Bonchev–Trinajstić information content (AvgIpc) is 2.32. The summed E-state index contributed by atoms with van der Waals surface area (Å²) >= 11 is 0.961. The highest BCUT2D eigenvalue weighted by Gasteiger charge is 2.33. The maximum Gasteiger partial charge on any atom is 0.345 e. The molecule has 1 aliphatic rings. The lowest BCUT2D eigenvalue weighted by Crippen LogP contribution is -2.74. The summed E-state index contributed by atoms with van der Waals surface area (Å²) in [4.78, 5) is 22.6. The summed E-state index contributed by atoms with van der Waals surface area (Å²) in [7, 11) is 0. The van der Waals surface area contributed by atoms with Gasteiger partial charge in [-0.05, 0) is 12.3 Å². The number of hydrogen-bond donors (Lipinski definition) is 2. The van der Waals surface area contributed by atoms with Gasteiger partial charge in [-0.25, -0.2) is 13.6 Å². The number of carboxylic acid groups (broad SMARTS) is 1. The van der Waals surface area contributed by atoms with Crippen LogP contribution < -0.4 is 5.32 Å². The third kappa shape index (κ3) is 1.81. The minimum atomic E-state index is -1.39. The fourth-order valence-electron chi connectivity index (χ4n) is 1.73. The van der Waals surface area contributed by atoms with E-state index in [0.29, 0.717) is 0 Å². The molecule has 0 aromatic heterocycles. The SMILES string of the molecule is CSc1c(F)c(F)cc2c1[NH2+]C=C(C(=O)O)C2=O. The van der Waals surface area contributed by atoms with Crippen molar-refractivity contribution in [3.05, 3.63) is 35.0 Å². The van der Waals surface area contributed by atoms with Crippen LogP contribution in [0.5, 0.6) is 0 Å². The number of aliphatic carboxylic acids is 1. The average molecular weight is 272 g/mol. The van der Waals surface area contributed by atoms with Crippen LogP contribution in [0.1, 0.15) is 10.4 Å². The smallest absolute Gasteiger partial charge is 0.345 e. The van der Waals surface area contributed by atoms with Crippen molar-refractivity contribution in [1.29, 1.82) is 0 Å². The monoisotopic (exact) mass is 272 g/mol. The van der Waals surface area contributed by atoms with Crippen molar-refractivity contribution >= 4 is 29.2 Å². The van der Waals surface area contributed by atoms with E-state index in [0.717, 1.165) is 24.0 Å². The minimum absolute atomic E-state index is 0.000890. The lowest BCUT2D eigenvalue weighted by molar-refractivity contribution is -0.500. The van der Waals surface area contributed by atoms with Crippen LogP contribution in [-0.2, 0) is 4.79 Å². The lowest BCUT2D eigenvalue weighted by Gasteiger charge is -2.14. The molecule has 0 aliphatic carbocycles. The Hall–Kier alpha value is -1.73. The molecule has 0 amide bonds. The standard InChI is InChI=1S/C11H7F2NO3S/c1-18-10-7(13)6(12)2-4-8(10)14-3-5(9(4)15)11(16)17/h2-3H,1H3,(H,14,15)(H,16,17)/p+1. The first kappa shape index (κ1) is 12.7. The van der Waals surface area contributed by atoms with E-state index < -0.39 is 29.0 Å². The molecule has 0 unspecified atom stereocenters. The van der Waals surface area contributed by atoms with Crippen LogP contribution in [0.3, 0.4) is 0 Å². The van der Waals surface area contributed by atoms with Crippen molar-refractivity contribution in [3.63, 3.8) is 0 Å². The molecule has 0 atom stereocenters. The first-order valence-corrected chi connectivity index (χ1v) is 6.08. The summed E-state index contributed by atoms with van der Waals surface area (Å²) in [6, 6.07) is 0.735. The van der Waals surface area contributed by atoms with Gasteiger partial charge in [0.05, 0.1) is 5.56 Å². The number of rotatable bonds is 2. The Morgan fingerprint density at radius 1 is 1.44 bits per heavy atom. The van der Waals surface area contributed by atoms with Gasteiger partial charge in [0, 0.05) is 0 Å². The Morgan fingerprint density at radius 3 is 2.67 bits per heavy atom. The van der Waals surface area contributed by atoms with E-state index >= 15 is 0 Å². The molecule has 2 rings (SSSR count). The molecule has 3 N–H and O–H groups in total. The van der Waals surface area contributed by atoms with Crippen LogP contribution >= 0.6 is 11.8 Å². The van der Waals surface area contributed by atoms with Crippen molar-refractivity contribution in [2.24, 2.45) is 0 Å². The molecule has 0 saturated carbocycles. The van der Waals surface area contributed by atoms with Gasteiger partial charge in [0.1, 0.15) is 11.1 Å². The number of carboxylic acids is 1. The second-order valence-corrected chi connectivity index (χ2v) is 4.36. The van der Waals surface area contributed by atoms with E-state index in [4.69, 9.17) is 5.11 Å². The van der Waals surface area contributed by atoms with Crippen LogP contribution in [0, 0.1) is 11.6 Å². The summed E-state index contributed by atoms with van der Waals surface area (Å²) in [6.45, 7) is 0. The molecule has 94 valence electrons. The van der Waals surface area contributed by atoms with Gasteiger partial charge < -0.3 is 5.11 Å². The van der Waals surface area contributed by atoms with Gasteiger partial charge in [-0.2, -0.15) is 0 Å². The Bertz CT molecular complexity index is 598. The number of fused-ring (bicyclic) bond motifs is 1. The van der Waals surface area contributed by atoms with E-state index in [9.17, 15) is 18.4 Å². The highest BCUT2D eigenvalue weighted by atomic mass is 32.2. The highest BCUT2D eigenvalue weighted by Crippen LogP contribution is 2.32. The van der Waals surface area contributed by atoms with E-state index in [1.54, 1.807) is 6.26 Å². The van der Waals surface area contributed by atoms with E-state index in [1.807, 2.05) is 0 Å². The van der Waals surface area contributed by atoms with Gasteiger partial charge in [0.2, 0.25) is 5.78 Å². The predicted molar refractivity (Wildman–Crippen MR) is 59.8 cm³/mol. The summed E-state index contributed by atoms with van der Waals surface area (Å²) in [5, 5.41) is 10.1. The maximum atomic E-state index is 13.5. The second kappa shape index (κ2) is 4.51. The lowest BCUT2D eigenvalue weighted by atomic mass is 9.99. The molecule has 0 radical (unpaired) electrons. The molecule has 1 aromatic carbocycles. The quantitative estimate of drug-likeness (QED) is 0.479. The summed E-state index contributed by atoms with van der Waals surface area (Å²) in [5.41, 5.74) is -0.366. The number of Topliss-reactive ketones (excluding diaryl/α,β-unsaturated/α-hetero) is 1. The molecular formula is C11H8F2NO3S+. The van der Waals surface area contributed by atoms with Gasteiger partial charge in [-0.15, -0.1) is 11.8 Å². The molecular weight excluding hydrogens is 264 g/mol. The molecule has 7 heteroatoms. The largest absolute Gasteiger partial charge is 0.477 e. The first-order valence-electron chi connectivity index (χ1n) is 4.86. The fraction of sp³-hybridized carbons (Fsp3) is 0.0909. The minimum Gasteiger partial charge on any atom is -0.477 e. The third-order valence-electron chi connectivity index (χ3n) is 2.56. The van der Waals surface area contributed by atoms with Crippen molar-refractivity contribution in [3.8, 4) is 0 Å². The normalized spacial score (nSPS) is 14.2. The number of nitrogens with two attached hydrogens (primary N) is 1. The summed E-state index contributed by atoms with van der Waals surface area (Å²) in [6.07, 6.45) is 2.65. The number of thioether (sulfide) groups is 1. The molecule has 1 aliphatic heterocycles. The van der Waals surface area contributed by atoms with Gasteiger partial charge in [0.15, 0.2) is 22.9 Å². The number of ketones is 1. The zero-order valence-electron chi connectivity index (χ0n) is 9.16. The van der Waals surface area contributed by atoms with E-state index in [-0.39, 0.29) is 16.1 Å². The van der Waals surface area contributed by atoms with Gasteiger partial charge >= 0.3 is 5.97 Å². The zero-order chi connectivity index (χ0) is 13.4. The van der Waals surface area contributed by atoms with Crippen molar-refractivity contribution in [1.82, 2.24) is 0 Å². The number of benzene rings is 1. The van der Waals surface area contributed by atoms with Crippen LogP contribution in [-0.4, -0.2) is 23.1 Å². The third-order valence-corrected chi connectivity index (χ3v) is 3.36. The Morgan fingerprint density at radius 2 is 2.11 bits per heavy atom. The van der Waals surface area contributed by atoms with Crippen LogP contribution in [0.4, 0.5) is 14.5 Å². The molecule has 1 aromatic rings. The summed E-state index contributed by atoms with van der Waals surface area (Å²) < 4.78 is 26.8. The number of quaternary nitrogens is 1. The number of carbonyl (C=O) groups is 2. The summed E-state index contributed by atoms with van der Waals surface area (Å²) in [5.74, 6) is -4.39. The Kier molecular flexibility index (Phi) is 3.18. The molecule has 0 saturated heterocycles. The predicted octanol–water partition coefficient (Wildman–Crippen LogP) is 1.05. The molecule has 18 heavy (non-hydrogen) atoms. The number of halogens is 2. The maximum absolute atomic E-state index is 13.5. The van der Waals surface area contributed by atoms with Gasteiger partial charge in [0.25, 0.3) is 0 Å². The molecule has 0 spiro atoms. The highest BCUT2D eigenvalue weighted by molar-refractivity contribution is 7.98. The Balaban J connectivity index is 2.66. The molecule has 0 fully saturated rings. The van der Waals surface area contributed by atoms with Gasteiger partial charge in [-0.3, -0.25) is 10.1 Å². The number of carbonyl (C=O) groups excluding carboxylic acids is 1. The van der Waals surface area contributed by atoms with E-state index in [1.165, 1.54) is 5.32 Å². The van der Waals surface area contributed by atoms with Crippen molar-refractivity contribution in [2.75, 3.05) is 6.26 Å².